The van der Waals surface area contributed by atoms with Crippen molar-refractivity contribution in [3.8, 4) is 16.9 Å². The normalized spacial score (nSPS) is 17.6. The van der Waals surface area contributed by atoms with Crippen LogP contribution in [0.25, 0.3) is 16.9 Å². The van der Waals surface area contributed by atoms with Crippen molar-refractivity contribution < 1.29 is 21.6 Å². The molecular weight excluding hydrogens is 552 g/mol. The lowest BCUT2D eigenvalue weighted by atomic mass is 9.49. The van der Waals surface area contributed by atoms with Gasteiger partial charge in [-0.25, -0.2) is 27.4 Å². The molecule has 3 aromatic rings. The first-order chi connectivity index (χ1) is 19.2. The molecule has 5 rings (SSSR count). The van der Waals surface area contributed by atoms with Crippen LogP contribution < -0.4 is 10.6 Å². The summed E-state index contributed by atoms with van der Waals surface area (Å²) in [5, 5.41) is 8.35. The number of benzene rings is 1. The van der Waals surface area contributed by atoms with Crippen molar-refractivity contribution in [2.45, 2.75) is 61.9 Å². The van der Waals surface area contributed by atoms with Crippen LogP contribution in [0.3, 0.4) is 0 Å². The van der Waals surface area contributed by atoms with Crippen LogP contribution in [0.2, 0.25) is 0 Å². The Hall–Kier alpha value is -2.84. The molecule has 2 aliphatic rings. The molecule has 0 atom stereocenters. The summed E-state index contributed by atoms with van der Waals surface area (Å²) in [5.74, 6) is 0.0353. The van der Waals surface area contributed by atoms with Crippen molar-refractivity contribution in [1.82, 2.24) is 29.4 Å². The van der Waals surface area contributed by atoms with Gasteiger partial charge in [-0.05, 0) is 49.8 Å². The Kier molecular flexibility index (Phi) is 8.03. The molecule has 9 nitrogen and oxygen atoms in total. The van der Waals surface area contributed by atoms with Gasteiger partial charge in [0.05, 0.1) is 46.4 Å². The van der Waals surface area contributed by atoms with E-state index in [1.54, 1.807) is 12.1 Å². The number of hydrogen-bond acceptors (Lipinski definition) is 7. The van der Waals surface area contributed by atoms with Gasteiger partial charge in [-0.3, -0.25) is 0 Å². The second-order valence-electron chi connectivity index (χ2n) is 10.6. The van der Waals surface area contributed by atoms with E-state index in [1.807, 2.05) is 13.0 Å². The first kappa shape index (κ1) is 29.7. The van der Waals surface area contributed by atoms with E-state index in [1.165, 1.54) is 21.4 Å². The van der Waals surface area contributed by atoms with Crippen LogP contribution in [0.15, 0.2) is 36.8 Å². The van der Waals surface area contributed by atoms with Gasteiger partial charge in [0.15, 0.2) is 0 Å². The largest absolute Gasteiger partial charge is 0.419 e. The highest BCUT2D eigenvalue weighted by Gasteiger charge is 2.41. The van der Waals surface area contributed by atoms with E-state index in [4.69, 9.17) is 23.5 Å². The number of nitrogens with zero attached hydrogens (tertiary/aromatic N) is 5. The van der Waals surface area contributed by atoms with E-state index in [-0.39, 0.29) is 28.5 Å². The molecule has 1 aliphatic carbocycles. The third-order valence-electron chi connectivity index (χ3n) is 7.15. The minimum absolute atomic E-state index is 0.0353. The van der Waals surface area contributed by atoms with E-state index < -0.39 is 27.0 Å². The molecule has 2 N–H and O–H groups in total. The molecule has 0 bridgehead atoms. The molecule has 16 heteroatoms. The molecule has 0 spiro atoms. The monoisotopic (exact) mass is 579 g/mol. The molecule has 3 heterocycles. The predicted molar refractivity (Wildman–Crippen MR) is 151 cm³/mol. The molecule has 1 aliphatic heterocycles. The Morgan fingerprint density at radius 1 is 1.07 bits per heavy atom. The highest BCUT2D eigenvalue weighted by Crippen LogP contribution is 2.37. The van der Waals surface area contributed by atoms with Crippen LogP contribution in [0.5, 0.6) is 0 Å². The summed E-state index contributed by atoms with van der Waals surface area (Å²) < 4.78 is 69.8. The molecule has 2 aromatic heterocycles. The van der Waals surface area contributed by atoms with Gasteiger partial charge in [0, 0.05) is 43.6 Å². The molecule has 1 saturated heterocycles. The summed E-state index contributed by atoms with van der Waals surface area (Å²) in [6.07, 6.45) is 1.26. The molecule has 6 radical (unpaired) electrons. The Balaban J connectivity index is 1.34. The van der Waals surface area contributed by atoms with Crippen LogP contribution in [0.4, 0.5) is 19.1 Å². The number of sulfonamides is 1. The van der Waals surface area contributed by atoms with Crippen molar-refractivity contribution in [3.05, 3.63) is 53.5 Å². The average Bonchev–Trinajstić information content (AvgIpc) is 3.65. The maximum Gasteiger partial charge on any atom is 0.419 e. The number of aromatic nitrogens is 4. The smallest absolute Gasteiger partial charge is 0.351 e. The maximum absolute atomic E-state index is 13.9. The highest BCUT2D eigenvalue weighted by atomic mass is 32.2. The molecule has 210 valence electrons. The fourth-order valence-electron chi connectivity index (χ4n) is 4.81. The van der Waals surface area contributed by atoms with Crippen LogP contribution in [-0.2, 0) is 22.7 Å². The van der Waals surface area contributed by atoms with E-state index >= 15 is 0 Å². The molecule has 1 aromatic carbocycles. The first-order valence-electron chi connectivity index (χ1n) is 13.2. The number of anilines is 1. The summed E-state index contributed by atoms with van der Waals surface area (Å²) in [5.41, 5.74) is 1.20. The number of aryl methyl sites for hydroxylation is 1. The lowest BCUT2D eigenvalue weighted by Crippen LogP contribution is -2.46. The zero-order valence-corrected chi connectivity index (χ0v) is 23.2. The van der Waals surface area contributed by atoms with Gasteiger partial charge in [-0.2, -0.15) is 18.3 Å². The summed E-state index contributed by atoms with van der Waals surface area (Å²) >= 11 is 0. The van der Waals surface area contributed by atoms with Crippen LogP contribution in [-0.4, -0.2) is 85.6 Å². The van der Waals surface area contributed by atoms with Crippen molar-refractivity contribution in [1.29, 1.82) is 0 Å². The van der Waals surface area contributed by atoms with Crippen molar-refractivity contribution in [2.75, 3.05) is 18.4 Å². The third-order valence-corrected chi connectivity index (χ3v) is 9.55. The average molecular weight is 579 g/mol. The minimum Gasteiger partial charge on any atom is -0.351 e. The van der Waals surface area contributed by atoms with Gasteiger partial charge in [-0.15, -0.1) is 0 Å². The fourth-order valence-corrected chi connectivity index (χ4v) is 6.68. The minimum atomic E-state index is -4.69. The molecular formula is C25H27B3F3N7O2S. The summed E-state index contributed by atoms with van der Waals surface area (Å²) in [4.78, 5) is 8.15. The molecule has 41 heavy (non-hydrogen) atoms. The summed E-state index contributed by atoms with van der Waals surface area (Å²) in [7, 11) is 13.4. The van der Waals surface area contributed by atoms with Crippen LogP contribution in [0, 0.1) is 6.92 Å². The number of alkyl halides is 3. The third kappa shape index (κ3) is 6.98. The summed E-state index contributed by atoms with van der Waals surface area (Å²) in [6, 6.07) is 5.27. The lowest BCUT2D eigenvalue weighted by molar-refractivity contribution is -0.137. The number of nitrogens with one attached hydrogen (secondary N) is 2. The fraction of sp³-hybridized carbons (Fsp3) is 0.480. The quantitative estimate of drug-likeness (QED) is 0.375. The van der Waals surface area contributed by atoms with E-state index in [9.17, 15) is 21.6 Å². The lowest BCUT2D eigenvalue weighted by Gasteiger charge is -2.31. The molecule has 0 amide bonds. The van der Waals surface area contributed by atoms with Gasteiger partial charge in [0.2, 0.25) is 16.0 Å². The van der Waals surface area contributed by atoms with Crippen molar-refractivity contribution in [2.24, 2.45) is 0 Å². The first-order valence-corrected chi connectivity index (χ1v) is 14.7. The van der Waals surface area contributed by atoms with Gasteiger partial charge in [0.1, 0.15) is 5.56 Å². The zero-order valence-electron chi connectivity index (χ0n) is 22.4. The second kappa shape index (κ2) is 11.1. The second-order valence-corrected chi connectivity index (χ2v) is 12.8. The van der Waals surface area contributed by atoms with Crippen molar-refractivity contribution in [3.63, 3.8) is 0 Å². The Morgan fingerprint density at radius 3 is 2.39 bits per heavy atom. The standard InChI is InChI=1S/C25H27B3F3N7O2S/c1-15-10-16(11-33-25(26,27)28)2-5-21(15)38-14-17(12-34-38)22-20(24(29,30)31)13-32-23(36-22)35-18-6-8-37(9-7-18)41(39,40)19-3-4-19/h2,5,10,12-14,18-19,33H,3-4,6-9,11H2,1H3,(H,32,35,36). The van der Waals surface area contributed by atoms with E-state index in [2.05, 4.69) is 25.7 Å². The van der Waals surface area contributed by atoms with E-state index in [0.29, 0.717) is 51.0 Å². The highest BCUT2D eigenvalue weighted by molar-refractivity contribution is 7.90. The SMILES string of the molecule is [B]C([B])([B])NCc1ccc(-n2cc(-c3nc(NC4CCN(S(=O)(=O)C5CC5)CC4)ncc3C(F)(F)F)cn2)c(C)c1. The Morgan fingerprint density at radius 2 is 1.78 bits per heavy atom. The molecule has 2 fully saturated rings. The van der Waals surface area contributed by atoms with Gasteiger partial charge in [0.25, 0.3) is 0 Å². The Bertz CT molecular complexity index is 1520. The molecule has 0 unspecified atom stereocenters. The predicted octanol–water partition coefficient (Wildman–Crippen LogP) is 2.23. The maximum atomic E-state index is 13.9. The number of piperidine rings is 1. The van der Waals surface area contributed by atoms with Gasteiger partial charge < -0.3 is 10.6 Å². The number of rotatable bonds is 9. The van der Waals surface area contributed by atoms with Gasteiger partial charge in [-0.1, -0.05) is 17.4 Å². The van der Waals surface area contributed by atoms with Crippen LogP contribution in [0.1, 0.15) is 42.4 Å². The number of halogens is 3. The molecule has 1 saturated carbocycles. The topological polar surface area (TPSA) is 105 Å². The van der Waals surface area contributed by atoms with Gasteiger partial charge >= 0.3 is 6.18 Å². The summed E-state index contributed by atoms with van der Waals surface area (Å²) in [6.45, 7) is 2.85. The van der Waals surface area contributed by atoms with Crippen molar-refractivity contribution >= 4 is 39.5 Å². The van der Waals surface area contributed by atoms with E-state index in [0.717, 1.165) is 17.3 Å². The van der Waals surface area contributed by atoms with Crippen LogP contribution >= 0.6 is 0 Å². The zero-order chi connectivity index (χ0) is 29.6. The Labute approximate surface area is 241 Å². The number of hydrogen-bond donors (Lipinski definition) is 2.